The zero-order valence-corrected chi connectivity index (χ0v) is 13.5. The van der Waals surface area contributed by atoms with E-state index in [-0.39, 0.29) is 12.5 Å². The summed E-state index contributed by atoms with van der Waals surface area (Å²) < 4.78 is 10.0. The number of nitrogens with one attached hydrogen (secondary N) is 1. The van der Waals surface area contributed by atoms with Crippen molar-refractivity contribution in [3.05, 3.63) is 35.7 Å². The maximum Gasteiger partial charge on any atom is 0.410 e. The summed E-state index contributed by atoms with van der Waals surface area (Å²) in [5.74, 6) is 0.481. The summed E-state index contributed by atoms with van der Waals surface area (Å²) in [7, 11) is 0. The molecule has 1 aromatic heterocycles. The van der Waals surface area contributed by atoms with E-state index in [4.69, 9.17) is 9.26 Å². The Kier molecular flexibility index (Phi) is 4.45. The average Bonchev–Trinajstić information content (AvgIpc) is 3.18. The van der Waals surface area contributed by atoms with Crippen molar-refractivity contribution in [1.29, 1.82) is 0 Å². The summed E-state index contributed by atoms with van der Waals surface area (Å²) in [6.45, 7) is 4.38. The summed E-state index contributed by atoms with van der Waals surface area (Å²) in [5.41, 5.74) is 1.92. The van der Waals surface area contributed by atoms with Crippen molar-refractivity contribution in [3.8, 4) is 11.4 Å². The van der Waals surface area contributed by atoms with Gasteiger partial charge in [0.15, 0.2) is 0 Å². The molecule has 1 aliphatic rings. The Labute approximate surface area is 138 Å². The number of benzene rings is 1. The largest absolute Gasteiger partial charge is 0.448 e. The van der Waals surface area contributed by atoms with E-state index in [0.29, 0.717) is 24.9 Å². The van der Waals surface area contributed by atoms with Crippen LogP contribution >= 0.6 is 0 Å². The van der Waals surface area contributed by atoms with Crippen LogP contribution in [-0.4, -0.2) is 46.7 Å². The van der Waals surface area contributed by atoms with Crippen molar-refractivity contribution < 1.29 is 18.8 Å². The van der Waals surface area contributed by atoms with Gasteiger partial charge in [-0.2, -0.15) is 4.98 Å². The number of ether oxygens (including phenoxy) is 1. The molecule has 1 unspecified atom stereocenters. The topological polar surface area (TPSA) is 97.6 Å². The number of aromatic nitrogens is 2. The zero-order chi connectivity index (χ0) is 17.1. The Bertz CT molecular complexity index is 758. The van der Waals surface area contributed by atoms with E-state index in [1.807, 2.05) is 31.2 Å². The normalized spacial score (nSPS) is 15.2. The zero-order valence-electron chi connectivity index (χ0n) is 13.5. The van der Waals surface area contributed by atoms with Gasteiger partial charge < -0.3 is 14.6 Å². The first-order valence-electron chi connectivity index (χ1n) is 7.65. The predicted octanol–water partition coefficient (Wildman–Crippen LogP) is 1.67. The lowest BCUT2D eigenvalue weighted by molar-refractivity contribution is -0.122. The van der Waals surface area contributed by atoms with Crippen molar-refractivity contribution in [3.63, 3.8) is 0 Å². The lowest BCUT2D eigenvalue weighted by atomic mass is 10.1. The Hall–Kier alpha value is -2.90. The Morgan fingerprint density at radius 2 is 2.21 bits per heavy atom. The highest BCUT2D eigenvalue weighted by Gasteiger charge is 2.25. The number of aryl methyl sites for hydroxylation is 1. The first-order valence-corrected chi connectivity index (χ1v) is 7.65. The monoisotopic (exact) mass is 330 g/mol. The fraction of sp³-hybridized carbons (Fsp3) is 0.375. The molecule has 3 rings (SSSR count). The summed E-state index contributed by atoms with van der Waals surface area (Å²) in [6.07, 6.45) is -0.475. The number of hydrogen-bond acceptors (Lipinski definition) is 6. The van der Waals surface area contributed by atoms with Gasteiger partial charge in [0.1, 0.15) is 19.2 Å². The fourth-order valence-electron chi connectivity index (χ4n) is 2.44. The molecule has 2 amide bonds. The van der Waals surface area contributed by atoms with Crippen molar-refractivity contribution in [1.82, 2.24) is 20.4 Å². The van der Waals surface area contributed by atoms with Crippen molar-refractivity contribution >= 4 is 12.0 Å². The van der Waals surface area contributed by atoms with E-state index in [1.54, 1.807) is 6.92 Å². The summed E-state index contributed by atoms with van der Waals surface area (Å²) in [4.78, 5) is 29.0. The third-order valence-corrected chi connectivity index (χ3v) is 3.76. The standard InChI is InChI=1S/C16H18N4O4/c1-10-5-3-4-6-12(10)14-18-15(24-19-14)11(2)17-13(21)9-20-7-8-23-16(20)22/h3-6,11H,7-9H2,1-2H3,(H,17,21). The third-order valence-electron chi connectivity index (χ3n) is 3.76. The second kappa shape index (κ2) is 6.69. The molecule has 0 spiro atoms. The van der Waals surface area contributed by atoms with Crippen LogP contribution < -0.4 is 5.32 Å². The first kappa shape index (κ1) is 16.0. The molecule has 1 saturated heterocycles. The minimum Gasteiger partial charge on any atom is -0.448 e. The van der Waals surface area contributed by atoms with Crippen molar-refractivity contribution in [2.45, 2.75) is 19.9 Å². The third kappa shape index (κ3) is 3.37. The second-order valence-corrected chi connectivity index (χ2v) is 5.60. The number of cyclic esters (lactones) is 1. The molecule has 8 heteroatoms. The average molecular weight is 330 g/mol. The Morgan fingerprint density at radius 3 is 2.92 bits per heavy atom. The number of hydrogen-bond donors (Lipinski definition) is 1. The molecular weight excluding hydrogens is 312 g/mol. The maximum absolute atomic E-state index is 12.0. The molecule has 1 N–H and O–H groups in total. The quantitative estimate of drug-likeness (QED) is 0.895. The van der Waals surface area contributed by atoms with Gasteiger partial charge in [-0.05, 0) is 19.4 Å². The van der Waals surface area contributed by atoms with Gasteiger partial charge in [0, 0.05) is 5.56 Å². The van der Waals surface area contributed by atoms with E-state index in [0.717, 1.165) is 11.1 Å². The molecule has 0 saturated carbocycles. The van der Waals surface area contributed by atoms with Crippen LogP contribution in [0.3, 0.4) is 0 Å². The highest BCUT2D eigenvalue weighted by molar-refractivity contribution is 5.83. The number of nitrogens with zero attached hydrogens (tertiary/aromatic N) is 3. The Morgan fingerprint density at radius 1 is 1.42 bits per heavy atom. The van der Waals surface area contributed by atoms with Crippen molar-refractivity contribution in [2.24, 2.45) is 0 Å². The van der Waals surface area contributed by atoms with E-state index >= 15 is 0 Å². The van der Waals surface area contributed by atoms with Crippen molar-refractivity contribution in [2.75, 3.05) is 19.7 Å². The predicted molar refractivity (Wildman–Crippen MR) is 83.9 cm³/mol. The molecule has 0 radical (unpaired) electrons. The smallest absolute Gasteiger partial charge is 0.410 e. The van der Waals surface area contributed by atoms with Gasteiger partial charge in [-0.15, -0.1) is 0 Å². The molecule has 2 heterocycles. The van der Waals surface area contributed by atoms with E-state index in [9.17, 15) is 9.59 Å². The minimum atomic E-state index is -0.475. The lowest BCUT2D eigenvalue weighted by Gasteiger charge is -2.14. The molecular formula is C16H18N4O4. The van der Waals surface area contributed by atoms with Crippen LogP contribution in [0.1, 0.15) is 24.4 Å². The summed E-state index contributed by atoms with van der Waals surface area (Å²) >= 11 is 0. The molecule has 0 bridgehead atoms. The Balaban J connectivity index is 1.63. The number of amides is 2. The molecule has 1 aliphatic heterocycles. The van der Waals surface area contributed by atoms with Gasteiger partial charge in [-0.25, -0.2) is 4.79 Å². The molecule has 1 fully saturated rings. The molecule has 2 aromatic rings. The first-order chi connectivity index (χ1) is 11.5. The number of carbonyl (C=O) groups is 2. The van der Waals surface area contributed by atoms with E-state index < -0.39 is 12.1 Å². The van der Waals surface area contributed by atoms with Gasteiger partial charge in [0.2, 0.25) is 17.6 Å². The molecule has 8 nitrogen and oxygen atoms in total. The van der Waals surface area contributed by atoms with Gasteiger partial charge in [0.25, 0.3) is 0 Å². The van der Waals surface area contributed by atoms with Gasteiger partial charge in [-0.3, -0.25) is 9.69 Å². The lowest BCUT2D eigenvalue weighted by Crippen LogP contribution is -2.38. The molecule has 24 heavy (non-hydrogen) atoms. The molecule has 0 aliphatic carbocycles. The molecule has 1 aromatic carbocycles. The second-order valence-electron chi connectivity index (χ2n) is 5.60. The van der Waals surface area contributed by atoms with Crippen LogP contribution in [0.15, 0.2) is 28.8 Å². The fourth-order valence-corrected chi connectivity index (χ4v) is 2.44. The van der Waals surface area contributed by atoms with E-state index in [1.165, 1.54) is 4.90 Å². The highest BCUT2D eigenvalue weighted by atomic mass is 16.6. The molecule has 1 atom stereocenters. The molecule has 126 valence electrons. The van der Waals surface area contributed by atoms with Gasteiger partial charge in [-0.1, -0.05) is 29.4 Å². The van der Waals surface area contributed by atoms with Crippen LogP contribution in [0.4, 0.5) is 4.79 Å². The number of carbonyl (C=O) groups excluding carboxylic acids is 2. The van der Waals surface area contributed by atoms with Crippen LogP contribution in [0.2, 0.25) is 0 Å². The number of rotatable bonds is 5. The highest BCUT2D eigenvalue weighted by Crippen LogP contribution is 2.21. The summed E-state index contributed by atoms with van der Waals surface area (Å²) in [5, 5.41) is 6.71. The van der Waals surface area contributed by atoms with Gasteiger partial charge >= 0.3 is 6.09 Å². The van der Waals surface area contributed by atoms with E-state index in [2.05, 4.69) is 15.5 Å². The van der Waals surface area contributed by atoms with Gasteiger partial charge in [0.05, 0.1) is 6.54 Å². The summed E-state index contributed by atoms with van der Waals surface area (Å²) in [6, 6.07) is 7.25. The van der Waals surface area contributed by atoms with Crippen LogP contribution in [0.25, 0.3) is 11.4 Å². The maximum atomic E-state index is 12.0. The van der Waals surface area contributed by atoms with Crippen LogP contribution in [0.5, 0.6) is 0 Å². The van der Waals surface area contributed by atoms with Crippen LogP contribution in [-0.2, 0) is 9.53 Å². The van der Waals surface area contributed by atoms with Crippen LogP contribution in [0, 0.1) is 6.92 Å². The SMILES string of the molecule is Cc1ccccc1-c1noc(C(C)NC(=O)CN2CCOC2=O)n1. The minimum absolute atomic E-state index is 0.0536.